The number of nitrogens with zero attached hydrogens (tertiary/aromatic N) is 1. The molecule has 0 aliphatic carbocycles. The number of hydrogen-bond donors (Lipinski definition) is 1. The molecule has 1 N–H and O–H groups in total. The number of halogens is 2. The fourth-order valence-corrected chi connectivity index (χ4v) is 4.49. The van der Waals surface area contributed by atoms with Gasteiger partial charge in [-0.05, 0) is 38.1 Å². The van der Waals surface area contributed by atoms with Crippen molar-refractivity contribution in [3.8, 4) is 0 Å². The number of rotatable bonds is 8. The van der Waals surface area contributed by atoms with E-state index in [1.807, 2.05) is 31.2 Å². The number of carbonyl (C=O) groups excluding carboxylic acids is 1. The summed E-state index contributed by atoms with van der Waals surface area (Å²) in [6.45, 7) is 3.72. The molecule has 0 fully saturated rings. The van der Waals surface area contributed by atoms with Crippen LogP contribution in [0, 0.1) is 18.6 Å². The molecule has 28 heavy (non-hydrogen) atoms. The SMILES string of the molecule is Cc1ccc(SCCNC(=O)[C@@H](C)N(c2ccc(F)c(F)c2)S(C)(=O)=O)cc1. The Balaban J connectivity index is 2.01. The Hall–Kier alpha value is -2.13. The van der Waals surface area contributed by atoms with Gasteiger partial charge in [-0.25, -0.2) is 17.2 Å². The number of aryl methyl sites for hydroxylation is 1. The summed E-state index contributed by atoms with van der Waals surface area (Å²) >= 11 is 1.56. The van der Waals surface area contributed by atoms with E-state index < -0.39 is 33.6 Å². The van der Waals surface area contributed by atoms with Gasteiger partial charge in [-0.2, -0.15) is 0 Å². The molecule has 0 radical (unpaired) electrons. The van der Waals surface area contributed by atoms with E-state index in [0.717, 1.165) is 39.2 Å². The summed E-state index contributed by atoms with van der Waals surface area (Å²) in [5.74, 6) is -2.21. The molecule has 0 saturated carbocycles. The van der Waals surface area contributed by atoms with E-state index in [2.05, 4.69) is 5.32 Å². The molecule has 0 aliphatic heterocycles. The summed E-state index contributed by atoms with van der Waals surface area (Å²) in [6, 6.07) is 9.54. The first-order chi connectivity index (χ1) is 13.1. The van der Waals surface area contributed by atoms with Crippen LogP contribution in [0.1, 0.15) is 12.5 Å². The molecule has 0 aliphatic rings. The largest absolute Gasteiger partial charge is 0.353 e. The van der Waals surface area contributed by atoms with Crippen LogP contribution in [0.25, 0.3) is 0 Å². The highest BCUT2D eigenvalue weighted by Crippen LogP contribution is 2.23. The number of amides is 1. The van der Waals surface area contributed by atoms with Crippen LogP contribution < -0.4 is 9.62 Å². The molecule has 0 unspecified atom stereocenters. The lowest BCUT2D eigenvalue weighted by Crippen LogP contribution is -2.48. The normalized spacial score (nSPS) is 12.5. The van der Waals surface area contributed by atoms with Gasteiger partial charge in [0.1, 0.15) is 6.04 Å². The number of thioether (sulfide) groups is 1. The third kappa shape index (κ3) is 5.93. The topological polar surface area (TPSA) is 66.5 Å². The van der Waals surface area contributed by atoms with Crippen LogP contribution in [-0.2, 0) is 14.8 Å². The standard InChI is InChI=1S/C19H22F2N2O3S2/c1-13-4-7-16(8-5-13)27-11-10-22-19(24)14(2)23(28(3,25)26)15-6-9-17(20)18(21)12-15/h4-9,12,14H,10-11H2,1-3H3,(H,22,24)/t14-/m1/s1. The Labute approximate surface area is 168 Å². The molecule has 5 nitrogen and oxygen atoms in total. The van der Waals surface area contributed by atoms with Gasteiger partial charge in [-0.3, -0.25) is 9.10 Å². The molecule has 0 bridgehead atoms. The molecule has 2 rings (SSSR count). The molecule has 9 heteroatoms. The molecule has 152 valence electrons. The number of sulfonamides is 1. The lowest BCUT2D eigenvalue weighted by atomic mass is 10.2. The predicted molar refractivity (Wildman–Crippen MR) is 108 cm³/mol. The summed E-state index contributed by atoms with van der Waals surface area (Å²) in [6.07, 6.45) is 0.908. The number of carbonyl (C=O) groups is 1. The van der Waals surface area contributed by atoms with Crippen molar-refractivity contribution in [2.24, 2.45) is 0 Å². The monoisotopic (exact) mass is 428 g/mol. The van der Waals surface area contributed by atoms with Crippen LogP contribution in [0.2, 0.25) is 0 Å². The van der Waals surface area contributed by atoms with Gasteiger partial charge < -0.3 is 5.32 Å². The van der Waals surface area contributed by atoms with Crippen molar-refractivity contribution < 1.29 is 22.0 Å². The first kappa shape index (κ1) is 22.2. The van der Waals surface area contributed by atoms with Crippen LogP contribution in [0.4, 0.5) is 14.5 Å². The van der Waals surface area contributed by atoms with Gasteiger partial charge in [-0.15, -0.1) is 11.8 Å². The van der Waals surface area contributed by atoms with Crippen molar-refractivity contribution in [1.82, 2.24) is 5.32 Å². The van der Waals surface area contributed by atoms with Crippen LogP contribution >= 0.6 is 11.8 Å². The second-order valence-electron chi connectivity index (χ2n) is 6.29. The zero-order chi connectivity index (χ0) is 20.9. The molecular formula is C19H22F2N2O3S2. The number of benzene rings is 2. The number of hydrogen-bond acceptors (Lipinski definition) is 4. The first-order valence-electron chi connectivity index (χ1n) is 8.51. The molecule has 0 heterocycles. The van der Waals surface area contributed by atoms with Crippen LogP contribution in [0.5, 0.6) is 0 Å². The van der Waals surface area contributed by atoms with Crippen LogP contribution in [0.3, 0.4) is 0 Å². The molecule has 0 spiro atoms. The Bertz CT molecular complexity index is 935. The lowest BCUT2D eigenvalue weighted by molar-refractivity contribution is -0.121. The summed E-state index contributed by atoms with van der Waals surface area (Å²) in [7, 11) is -3.89. The highest BCUT2D eigenvalue weighted by molar-refractivity contribution is 7.99. The Morgan fingerprint density at radius 3 is 2.36 bits per heavy atom. The summed E-state index contributed by atoms with van der Waals surface area (Å²) in [4.78, 5) is 13.5. The van der Waals surface area contributed by atoms with E-state index in [-0.39, 0.29) is 5.69 Å². The number of nitrogens with one attached hydrogen (secondary N) is 1. The highest BCUT2D eigenvalue weighted by Gasteiger charge is 2.29. The van der Waals surface area contributed by atoms with Crippen molar-refractivity contribution in [3.05, 3.63) is 59.7 Å². The molecule has 1 amide bonds. The van der Waals surface area contributed by atoms with E-state index in [1.165, 1.54) is 6.92 Å². The smallest absolute Gasteiger partial charge is 0.243 e. The van der Waals surface area contributed by atoms with Gasteiger partial charge in [0.25, 0.3) is 0 Å². The lowest BCUT2D eigenvalue weighted by Gasteiger charge is -2.28. The van der Waals surface area contributed by atoms with Crippen LogP contribution in [0.15, 0.2) is 47.4 Å². The van der Waals surface area contributed by atoms with E-state index in [4.69, 9.17) is 0 Å². The zero-order valence-corrected chi connectivity index (χ0v) is 17.4. The Morgan fingerprint density at radius 2 is 1.79 bits per heavy atom. The van der Waals surface area contributed by atoms with Gasteiger partial charge in [0.2, 0.25) is 15.9 Å². The average molecular weight is 429 g/mol. The van der Waals surface area contributed by atoms with E-state index in [9.17, 15) is 22.0 Å². The first-order valence-corrected chi connectivity index (χ1v) is 11.3. The van der Waals surface area contributed by atoms with Crippen molar-refractivity contribution in [2.45, 2.75) is 24.8 Å². The molecular weight excluding hydrogens is 406 g/mol. The third-order valence-electron chi connectivity index (χ3n) is 3.94. The van der Waals surface area contributed by atoms with Crippen LogP contribution in [-0.4, -0.2) is 38.9 Å². The van der Waals surface area contributed by atoms with Crippen molar-refractivity contribution in [3.63, 3.8) is 0 Å². The minimum absolute atomic E-state index is 0.113. The van der Waals surface area contributed by atoms with Gasteiger partial charge in [0.05, 0.1) is 11.9 Å². The second-order valence-corrected chi connectivity index (χ2v) is 9.31. The molecule has 2 aromatic carbocycles. The van der Waals surface area contributed by atoms with Gasteiger partial charge in [-0.1, -0.05) is 17.7 Å². The fraction of sp³-hybridized carbons (Fsp3) is 0.316. The minimum Gasteiger partial charge on any atom is -0.353 e. The highest BCUT2D eigenvalue weighted by atomic mass is 32.2. The fourth-order valence-electron chi connectivity index (χ4n) is 2.56. The second kappa shape index (κ2) is 9.38. The van der Waals surface area contributed by atoms with Crippen molar-refractivity contribution in [2.75, 3.05) is 22.9 Å². The van der Waals surface area contributed by atoms with E-state index in [1.54, 1.807) is 11.8 Å². The van der Waals surface area contributed by atoms with Gasteiger partial charge >= 0.3 is 0 Å². The molecule has 1 atom stereocenters. The third-order valence-corrected chi connectivity index (χ3v) is 6.19. The van der Waals surface area contributed by atoms with Gasteiger partial charge in [0, 0.05) is 23.3 Å². The van der Waals surface area contributed by atoms with Crippen molar-refractivity contribution in [1.29, 1.82) is 0 Å². The Kier molecular flexibility index (Phi) is 7.42. The maximum atomic E-state index is 13.5. The quantitative estimate of drug-likeness (QED) is 0.517. The average Bonchev–Trinajstić information content (AvgIpc) is 2.62. The number of anilines is 1. The van der Waals surface area contributed by atoms with E-state index >= 15 is 0 Å². The summed E-state index contributed by atoms with van der Waals surface area (Å²) in [5.41, 5.74) is 1.04. The maximum Gasteiger partial charge on any atom is 0.243 e. The maximum absolute atomic E-state index is 13.5. The summed E-state index contributed by atoms with van der Waals surface area (Å²) < 4.78 is 51.7. The van der Waals surface area contributed by atoms with Gasteiger partial charge in [0.15, 0.2) is 11.6 Å². The molecule has 0 aromatic heterocycles. The van der Waals surface area contributed by atoms with E-state index in [0.29, 0.717) is 12.3 Å². The van der Waals surface area contributed by atoms with Crippen molar-refractivity contribution >= 4 is 33.4 Å². The summed E-state index contributed by atoms with van der Waals surface area (Å²) in [5, 5.41) is 2.68. The Morgan fingerprint density at radius 1 is 1.14 bits per heavy atom. The molecule has 0 saturated heterocycles. The zero-order valence-electron chi connectivity index (χ0n) is 15.8. The predicted octanol–water partition coefficient (Wildman–Crippen LogP) is 3.34. The molecule has 2 aromatic rings. The minimum atomic E-state index is -3.89.